The third kappa shape index (κ3) is 3.21. The van der Waals surface area contributed by atoms with Crippen LogP contribution in [0, 0.1) is 11.8 Å². The summed E-state index contributed by atoms with van der Waals surface area (Å²) in [5.41, 5.74) is 0. The molecule has 4 nitrogen and oxygen atoms in total. The Morgan fingerprint density at radius 1 is 1.23 bits per heavy atom. The van der Waals surface area contributed by atoms with E-state index in [0.717, 1.165) is 18.1 Å². The maximum Gasteiger partial charge on any atom is 0.261 e. The average molecular weight is 303 g/mol. The van der Waals surface area contributed by atoms with Crippen LogP contribution < -0.4 is 14.8 Å². The number of hydrogen-bond donors (Lipinski definition) is 1. The van der Waals surface area contributed by atoms with E-state index in [9.17, 15) is 4.79 Å². The predicted molar refractivity (Wildman–Crippen MR) is 85.1 cm³/mol. The Morgan fingerprint density at radius 3 is 2.50 bits per heavy atom. The third-order valence-corrected chi connectivity index (χ3v) is 5.07. The molecule has 2 aliphatic carbocycles. The van der Waals surface area contributed by atoms with E-state index in [2.05, 4.69) is 5.32 Å². The Bertz CT molecular complexity index is 514. The lowest BCUT2D eigenvalue weighted by molar-refractivity contribution is -0.129. The van der Waals surface area contributed by atoms with E-state index in [1.807, 2.05) is 31.2 Å². The second-order valence-corrected chi connectivity index (χ2v) is 6.48. The quantitative estimate of drug-likeness (QED) is 0.878. The number of benzene rings is 1. The average Bonchev–Trinajstić information content (AvgIpc) is 3.15. The molecule has 22 heavy (non-hydrogen) atoms. The summed E-state index contributed by atoms with van der Waals surface area (Å²) in [6.45, 7) is 1.98. The van der Waals surface area contributed by atoms with Crippen molar-refractivity contribution in [1.82, 2.24) is 5.32 Å². The molecule has 0 unspecified atom stereocenters. The van der Waals surface area contributed by atoms with Gasteiger partial charge in [-0.05, 0) is 61.8 Å². The first-order valence-corrected chi connectivity index (χ1v) is 8.30. The normalized spacial score (nSPS) is 27.5. The van der Waals surface area contributed by atoms with Crippen LogP contribution in [-0.4, -0.2) is 25.2 Å². The van der Waals surface area contributed by atoms with Gasteiger partial charge in [-0.25, -0.2) is 0 Å². The predicted octanol–water partition coefficient (Wildman–Crippen LogP) is 3.16. The second kappa shape index (κ2) is 6.59. The minimum atomic E-state index is -0.424. The van der Waals surface area contributed by atoms with Gasteiger partial charge in [0.05, 0.1) is 7.11 Å². The number of amides is 1. The van der Waals surface area contributed by atoms with Crippen LogP contribution >= 0.6 is 0 Å². The van der Waals surface area contributed by atoms with Crippen LogP contribution in [0.1, 0.15) is 39.0 Å². The summed E-state index contributed by atoms with van der Waals surface area (Å²) in [4.78, 5) is 12.5. The van der Waals surface area contributed by atoms with Gasteiger partial charge in [0.1, 0.15) is 11.5 Å². The Labute approximate surface area is 132 Å². The van der Waals surface area contributed by atoms with Gasteiger partial charge >= 0.3 is 0 Å². The number of ether oxygens (including phenoxy) is 2. The van der Waals surface area contributed by atoms with E-state index in [1.165, 1.54) is 19.3 Å². The third-order valence-electron chi connectivity index (χ3n) is 5.07. The van der Waals surface area contributed by atoms with Crippen LogP contribution in [0.15, 0.2) is 24.3 Å². The molecule has 1 aromatic carbocycles. The summed E-state index contributed by atoms with van der Waals surface area (Å²) >= 11 is 0. The molecule has 0 radical (unpaired) electrons. The molecule has 1 amide bonds. The van der Waals surface area contributed by atoms with Crippen molar-refractivity contribution in [3.63, 3.8) is 0 Å². The van der Waals surface area contributed by atoms with Crippen molar-refractivity contribution in [3.05, 3.63) is 24.3 Å². The fraction of sp³-hybridized carbons (Fsp3) is 0.611. The molecule has 3 rings (SSSR count). The number of hydrogen-bond acceptors (Lipinski definition) is 3. The van der Waals surface area contributed by atoms with Crippen LogP contribution in [0.2, 0.25) is 0 Å². The van der Waals surface area contributed by atoms with Crippen molar-refractivity contribution >= 4 is 5.91 Å². The first-order chi connectivity index (χ1) is 10.7. The molecule has 0 aromatic heterocycles. The largest absolute Gasteiger partial charge is 0.497 e. The molecule has 2 saturated carbocycles. The minimum Gasteiger partial charge on any atom is -0.497 e. The molecule has 0 spiro atoms. The Hall–Kier alpha value is -1.71. The summed E-state index contributed by atoms with van der Waals surface area (Å²) in [6.07, 6.45) is 5.30. The molecule has 0 heterocycles. The molecule has 0 saturated heterocycles. The Balaban J connectivity index is 1.56. The van der Waals surface area contributed by atoms with Crippen LogP contribution in [0.3, 0.4) is 0 Å². The Kier molecular flexibility index (Phi) is 4.55. The van der Waals surface area contributed by atoms with E-state index < -0.39 is 6.10 Å². The van der Waals surface area contributed by atoms with Crippen molar-refractivity contribution < 1.29 is 14.3 Å². The van der Waals surface area contributed by atoms with E-state index in [-0.39, 0.29) is 5.91 Å². The lowest BCUT2D eigenvalue weighted by Gasteiger charge is -2.25. The van der Waals surface area contributed by atoms with Crippen molar-refractivity contribution in [3.8, 4) is 11.5 Å². The first kappa shape index (κ1) is 15.2. The number of carbonyl (C=O) groups is 1. The van der Waals surface area contributed by atoms with Gasteiger partial charge in [-0.1, -0.05) is 13.3 Å². The second-order valence-electron chi connectivity index (χ2n) is 6.48. The monoisotopic (exact) mass is 303 g/mol. The van der Waals surface area contributed by atoms with E-state index >= 15 is 0 Å². The summed E-state index contributed by atoms with van der Waals surface area (Å²) in [5.74, 6) is 3.03. The Morgan fingerprint density at radius 2 is 1.95 bits per heavy atom. The molecule has 1 N–H and O–H groups in total. The van der Waals surface area contributed by atoms with Gasteiger partial charge in [-0.3, -0.25) is 4.79 Å². The highest BCUT2D eigenvalue weighted by molar-refractivity contribution is 5.81. The lowest BCUT2D eigenvalue weighted by Crippen LogP contribution is -2.45. The molecule has 2 fully saturated rings. The maximum absolute atomic E-state index is 12.5. The van der Waals surface area contributed by atoms with Gasteiger partial charge in [0, 0.05) is 6.04 Å². The first-order valence-electron chi connectivity index (χ1n) is 8.30. The highest BCUT2D eigenvalue weighted by atomic mass is 16.5. The van der Waals surface area contributed by atoms with Gasteiger partial charge in [0.25, 0.3) is 5.91 Å². The molecular formula is C18H25NO3. The van der Waals surface area contributed by atoms with Crippen molar-refractivity contribution in [2.75, 3.05) is 7.11 Å². The van der Waals surface area contributed by atoms with E-state index in [4.69, 9.17) is 9.47 Å². The molecular weight excluding hydrogens is 278 g/mol. The summed E-state index contributed by atoms with van der Waals surface area (Å²) in [6, 6.07) is 7.73. The molecule has 4 atom stereocenters. The molecule has 2 bridgehead atoms. The van der Waals surface area contributed by atoms with Crippen LogP contribution in [0.25, 0.3) is 0 Å². The summed E-state index contributed by atoms with van der Waals surface area (Å²) < 4.78 is 11.0. The van der Waals surface area contributed by atoms with Crippen LogP contribution in [0.4, 0.5) is 0 Å². The highest BCUT2D eigenvalue weighted by Gasteiger charge is 2.40. The number of methoxy groups -OCH3 is 1. The zero-order chi connectivity index (χ0) is 15.5. The zero-order valence-electron chi connectivity index (χ0n) is 13.4. The maximum atomic E-state index is 12.5. The topological polar surface area (TPSA) is 47.6 Å². The SMILES string of the molecule is CC[C@H](Oc1ccc(OC)cc1)C(=O)N[C@H]1C[C@H]2CC[C@H]1C2. The smallest absolute Gasteiger partial charge is 0.261 e. The number of carbonyl (C=O) groups excluding carboxylic acids is 1. The fourth-order valence-corrected chi connectivity index (χ4v) is 3.84. The number of nitrogens with one attached hydrogen (secondary N) is 1. The van der Waals surface area contributed by atoms with Gasteiger partial charge in [-0.2, -0.15) is 0 Å². The summed E-state index contributed by atoms with van der Waals surface area (Å²) in [7, 11) is 1.63. The molecule has 0 aliphatic heterocycles. The van der Waals surface area contributed by atoms with E-state index in [1.54, 1.807) is 7.11 Å². The molecule has 120 valence electrons. The number of fused-ring (bicyclic) bond motifs is 2. The fourth-order valence-electron chi connectivity index (χ4n) is 3.84. The van der Waals surface area contributed by atoms with E-state index in [0.29, 0.717) is 24.1 Å². The highest BCUT2D eigenvalue weighted by Crippen LogP contribution is 2.44. The molecule has 1 aromatic rings. The lowest BCUT2D eigenvalue weighted by atomic mass is 9.95. The summed E-state index contributed by atoms with van der Waals surface area (Å²) in [5, 5.41) is 3.22. The van der Waals surface area contributed by atoms with Gasteiger partial charge in [0.15, 0.2) is 6.10 Å². The van der Waals surface area contributed by atoms with Crippen molar-refractivity contribution in [1.29, 1.82) is 0 Å². The van der Waals surface area contributed by atoms with Crippen LogP contribution in [-0.2, 0) is 4.79 Å². The van der Waals surface area contributed by atoms with Gasteiger partial charge in [-0.15, -0.1) is 0 Å². The zero-order valence-corrected chi connectivity index (χ0v) is 13.4. The van der Waals surface area contributed by atoms with Crippen molar-refractivity contribution in [2.24, 2.45) is 11.8 Å². The number of rotatable bonds is 6. The van der Waals surface area contributed by atoms with Gasteiger partial charge < -0.3 is 14.8 Å². The van der Waals surface area contributed by atoms with Gasteiger partial charge in [0.2, 0.25) is 0 Å². The minimum absolute atomic E-state index is 0.0240. The standard InChI is InChI=1S/C18H25NO3/c1-3-17(22-15-8-6-14(21-2)7-9-15)18(20)19-16-11-12-4-5-13(16)10-12/h6-9,12-13,16-17H,3-5,10-11H2,1-2H3,(H,19,20)/t12-,13-,16-,17-/m0/s1. The van der Waals surface area contributed by atoms with Crippen molar-refractivity contribution in [2.45, 2.75) is 51.2 Å². The molecule has 4 heteroatoms. The molecule has 2 aliphatic rings. The van der Waals surface area contributed by atoms with Crippen LogP contribution in [0.5, 0.6) is 11.5 Å².